The highest BCUT2D eigenvalue weighted by molar-refractivity contribution is 9.10. The van der Waals surface area contributed by atoms with Crippen molar-refractivity contribution in [2.45, 2.75) is 6.10 Å². The van der Waals surface area contributed by atoms with Gasteiger partial charge < -0.3 is 19.5 Å². The Bertz CT molecular complexity index is 533. The molecule has 1 aromatic carbocycles. The normalized spacial score (nSPS) is 18.7. The van der Waals surface area contributed by atoms with E-state index in [1.165, 1.54) is 12.0 Å². The zero-order valence-electron chi connectivity index (χ0n) is 10.8. The molecule has 1 N–H and O–H groups in total. The van der Waals surface area contributed by atoms with Gasteiger partial charge in [-0.15, -0.1) is 0 Å². The number of ether oxygens (including phenoxy) is 2. The summed E-state index contributed by atoms with van der Waals surface area (Å²) in [6.45, 7) is 0.608. The predicted molar refractivity (Wildman–Crippen MR) is 74.0 cm³/mol. The Kier molecular flexibility index (Phi) is 4.61. The Labute approximate surface area is 124 Å². The fraction of sp³-hybridized carbons (Fsp3) is 0.385. The zero-order valence-corrected chi connectivity index (χ0v) is 12.4. The molecule has 2 rings (SSSR count). The van der Waals surface area contributed by atoms with Crippen LogP contribution in [0.3, 0.4) is 0 Å². The van der Waals surface area contributed by atoms with E-state index < -0.39 is 12.1 Å². The van der Waals surface area contributed by atoms with Gasteiger partial charge in [-0.3, -0.25) is 4.79 Å². The molecule has 0 aliphatic carbocycles. The summed E-state index contributed by atoms with van der Waals surface area (Å²) in [4.78, 5) is 24.8. The highest BCUT2D eigenvalue weighted by Gasteiger charge is 2.30. The third-order valence-electron chi connectivity index (χ3n) is 3.02. The molecule has 1 amide bonds. The van der Waals surface area contributed by atoms with E-state index in [0.717, 1.165) is 4.47 Å². The largest absolute Gasteiger partial charge is 0.496 e. The van der Waals surface area contributed by atoms with Gasteiger partial charge in [0.1, 0.15) is 5.75 Å². The summed E-state index contributed by atoms with van der Waals surface area (Å²) in [6, 6.07) is 5.09. The van der Waals surface area contributed by atoms with Gasteiger partial charge >= 0.3 is 5.97 Å². The summed E-state index contributed by atoms with van der Waals surface area (Å²) in [7, 11) is 1.48. The Morgan fingerprint density at radius 2 is 2.25 bits per heavy atom. The van der Waals surface area contributed by atoms with Gasteiger partial charge in [0.05, 0.1) is 25.8 Å². The highest BCUT2D eigenvalue weighted by atomic mass is 79.9. The molecule has 6 nitrogen and oxygen atoms in total. The maximum Gasteiger partial charge on any atom is 0.334 e. The Balaban J connectivity index is 2.20. The number of hydrogen-bond acceptors (Lipinski definition) is 4. The first-order chi connectivity index (χ1) is 9.52. The van der Waals surface area contributed by atoms with Crippen molar-refractivity contribution in [2.75, 3.05) is 26.8 Å². The molecular weight excluding hydrogens is 330 g/mol. The minimum absolute atomic E-state index is 0.0351. The minimum Gasteiger partial charge on any atom is -0.496 e. The van der Waals surface area contributed by atoms with Gasteiger partial charge in [0.25, 0.3) is 5.91 Å². The Morgan fingerprint density at radius 1 is 1.50 bits per heavy atom. The molecule has 1 aliphatic heterocycles. The fourth-order valence-electron chi connectivity index (χ4n) is 2.00. The van der Waals surface area contributed by atoms with Crippen molar-refractivity contribution >= 4 is 27.8 Å². The summed E-state index contributed by atoms with van der Waals surface area (Å²) < 4.78 is 11.1. The monoisotopic (exact) mass is 343 g/mol. The molecule has 108 valence electrons. The van der Waals surface area contributed by atoms with Crippen molar-refractivity contribution in [3.63, 3.8) is 0 Å². The number of carbonyl (C=O) groups is 2. The molecule has 7 heteroatoms. The predicted octanol–water partition coefficient (Wildman–Crippen LogP) is 1.38. The Morgan fingerprint density at radius 3 is 2.90 bits per heavy atom. The van der Waals surface area contributed by atoms with Crippen LogP contribution < -0.4 is 4.74 Å². The molecule has 0 aromatic heterocycles. The molecule has 0 spiro atoms. The van der Waals surface area contributed by atoms with E-state index in [9.17, 15) is 9.59 Å². The second kappa shape index (κ2) is 6.23. The second-order valence-corrected chi connectivity index (χ2v) is 5.21. The third-order valence-corrected chi connectivity index (χ3v) is 3.52. The summed E-state index contributed by atoms with van der Waals surface area (Å²) in [5.74, 6) is -0.878. The van der Waals surface area contributed by atoms with Gasteiger partial charge in [0, 0.05) is 11.0 Å². The van der Waals surface area contributed by atoms with Gasteiger partial charge in [0.15, 0.2) is 6.10 Å². The number of morpholine rings is 1. The van der Waals surface area contributed by atoms with E-state index in [2.05, 4.69) is 15.9 Å². The number of aliphatic carboxylic acids is 1. The van der Waals surface area contributed by atoms with Crippen LogP contribution in [0.1, 0.15) is 10.4 Å². The van der Waals surface area contributed by atoms with Crippen molar-refractivity contribution in [3.05, 3.63) is 28.2 Å². The maximum atomic E-state index is 12.4. The summed E-state index contributed by atoms with van der Waals surface area (Å²) >= 11 is 3.31. The van der Waals surface area contributed by atoms with Crippen LogP contribution in [0.25, 0.3) is 0 Å². The van der Waals surface area contributed by atoms with E-state index in [-0.39, 0.29) is 19.1 Å². The van der Waals surface area contributed by atoms with E-state index in [0.29, 0.717) is 17.9 Å². The van der Waals surface area contributed by atoms with Crippen LogP contribution in [-0.2, 0) is 9.53 Å². The molecule has 0 bridgehead atoms. The second-order valence-electron chi connectivity index (χ2n) is 4.29. The number of amides is 1. The first kappa shape index (κ1) is 14.8. The molecule has 1 atom stereocenters. The number of halogens is 1. The van der Waals surface area contributed by atoms with Gasteiger partial charge in [0.2, 0.25) is 0 Å². The van der Waals surface area contributed by atoms with Gasteiger partial charge in [-0.05, 0) is 18.2 Å². The van der Waals surface area contributed by atoms with Crippen molar-refractivity contribution in [3.8, 4) is 5.75 Å². The standard InChI is InChI=1S/C13H14BrNO5/c1-19-10-6-8(14)2-3-9(10)12(16)15-4-5-20-11(7-15)13(17)18/h2-3,6,11H,4-5,7H2,1H3,(H,17,18). The molecule has 0 radical (unpaired) electrons. The van der Waals surface area contributed by atoms with Crippen molar-refractivity contribution in [1.82, 2.24) is 4.90 Å². The number of carbonyl (C=O) groups excluding carboxylic acids is 1. The molecule has 1 aliphatic rings. The lowest BCUT2D eigenvalue weighted by Crippen LogP contribution is -2.48. The van der Waals surface area contributed by atoms with E-state index in [4.69, 9.17) is 14.6 Å². The van der Waals surface area contributed by atoms with E-state index >= 15 is 0 Å². The lowest BCUT2D eigenvalue weighted by atomic mass is 10.1. The van der Waals surface area contributed by atoms with Gasteiger partial charge in [-0.2, -0.15) is 0 Å². The summed E-state index contributed by atoms with van der Waals surface area (Å²) in [5, 5.41) is 8.95. The number of benzene rings is 1. The molecule has 1 unspecified atom stereocenters. The first-order valence-electron chi connectivity index (χ1n) is 6.00. The van der Waals surface area contributed by atoms with Crippen molar-refractivity contribution in [2.24, 2.45) is 0 Å². The minimum atomic E-state index is -1.06. The topological polar surface area (TPSA) is 76.1 Å². The lowest BCUT2D eigenvalue weighted by molar-refractivity contribution is -0.154. The zero-order chi connectivity index (χ0) is 14.7. The highest BCUT2D eigenvalue weighted by Crippen LogP contribution is 2.25. The molecular formula is C13H14BrNO5. The summed E-state index contributed by atoms with van der Waals surface area (Å²) in [6.07, 6.45) is -0.978. The van der Waals surface area contributed by atoms with Crippen LogP contribution >= 0.6 is 15.9 Å². The number of nitrogens with zero attached hydrogens (tertiary/aromatic N) is 1. The van der Waals surface area contributed by atoms with Crippen LogP contribution in [0.2, 0.25) is 0 Å². The van der Waals surface area contributed by atoms with Crippen LogP contribution in [0, 0.1) is 0 Å². The van der Waals surface area contributed by atoms with Crippen LogP contribution in [0.4, 0.5) is 0 Å². The average Bonchev–Trinajstić information content (AvgIpc) is 2.46. The molecule has 1 saturated heterocycles. The van der Waals surface area contributed by atoms with Crippen LogP contribution in [-0.4, -0.2) is 54.8 Å². The Hall–Kier alpha value is -1.60. The SMILES string of the molecule is COc1cc(Br)ccc1C(=O)N1CCOC(C(=O)O)C1. The molecule has 1 heterocycles. The molecule has 1 fully saturated rings. The van der Waals surface area contributed by atoms with Crippen LogP contribution in [0.15, 0.2) is 22.7 Å². The number of methoxy groups -OCH3 is 1. The van der Waals surface area contributed by atoms with Crippen molar-refractivity contribution < 1.29 is 24.2 Å². The lowest BCUT2D eigenvalue weighted by Gasteiger charge is -2.31. The molecule has 20 heavy (non-hydrogen) atoms. The molecule has 0 saturated carbocycles. The first-order valence-corrected chi connectivity index (χ1v) is 6.79. The van der Waals surface area contributed by atoms with Crippen LogP contribution in [0.5, 0.6) is 5.75 Å². The maximum absolute atomic E-state index is 12.4. The van der Waals surface area contributed by atoms with E-state index in [1.54, 1.807) is 18.2 Å². The average molecular weight is 344 g/mol. The quantitative estimate of drug-likeness (QED) is 0.897. The van der Waals surface area contributed by atoms with Crippen molar-refractivity contribution in [1.29, 1.82) is 0 Å². The third kappa shape index (κ3) is 3.10. The smallest absolute Gasteiger partial charge is 0.334 e. The fourth-order valence-corrected chi connectivity index (χ4v) is 2.34. The van der Waals surface area contributed by atoms with Gasteiger partial charge in [-0.25, -0.2) is 4.79 Å². The van der Waals surface area contributed by atoms with E-state index in [1.807, 2.05) is 0 Å². The molecule has 1 aromatic rings. The summed E-state index contributed by atoms with van der Waals surface area (Å²) in [5.41, 5.74) is 0.404. The van der Waals surface area contributed by atoms with Gasteiger partial charge in [-0.1, -0.05) is 15.9 Å². The number of hydrogen-bond donors (Lipinski definition) is 1. The number of carboxylic acid groups (broad SMARTS) is 1. The number of rotatable bonds is 3. The number of carboxylic acids is 1.